The lowest BCUT2D eigenvalue weighted by Crippen LogP contribution is -2.30. The number of hydrogen-bond acceptors (Lipinski definition) is 6. The summed E-state index contributed by atoms with van der Waals surface area (Å²) in [4.78, 5) is 38.0. The van der Waals surface area contributed by atoms with Crippen molar-refractivity contribution in [1.29, 1.82) is 0 Å². The van der Waals surface area contributed by atoms with Crippen LogP contribution < -0.4 is 0 Å². The summed E-state index contributed by atoms with van der Waals surface area (Å²) in [5.74, 6) is -0.953. The van der Waals surface area contributed by atoms with Gasteiger partial charge in [-0.15, -0.1) is 0 Å². The molecule has 0 rings (SSSR count). The highest BCUT2D eigenvalue weighted by molar-refractivity contribution is 5.71. The van der Waals surface area contributed by atoms with Crippen LogP contribution in [-0.2, 0) is 28.6 Å². The molecule has 0 aliphatic carbocycles. The Morgan fingerprint density at radius 1 is 0.300 bits per heavy atom. The second kappa shape index (κ2) is 58.2. The Bertz CT molecular complexity index is 1350. The fraction of sp³-hybridized carbons (Fsp3) is 0.734. The molecule has 6 heteroatoms. The molecule has 0 aromatic heterocycles. The van der Waals surface area contributed by atoms with Crippen LogP contribution in [0.5, 0.6) is 0 Å². The molecule has 1 unspecified atom stereocenters. The van der Waals surface area contributed by atoms with Gasteiger partial charge in [0.25, 0.3) is 0 Å². The van der Waals surface area contributed by atoms with Gasteiger partial charge in [-0.25, -0.2) is 0 Å². The summed E-state index contributed by atoms with van der Waals surface area (Å²) in [6.07, 6.45) is 76.1. The van der Waals surface area contributed by atoms with Gasteiger partial charge in [0.05, 0.1) is 0 Å². The lowest BCUT2D eigenvalue weighted by molar-refractivity contribution is -0.167. The molecule has 0 aliphatic heterocycles. The molecule has 6 nitrogen and oxygen atoms in total. The van der Waals surface area contributed by atoms with Crippen LogP contribution in [0.1, 0.15) is 284 Å². The number of carbonyl (C=O) groups is 3. The van der Waals surface area contributed by atoms with Crippen LogP contribution in [0, 0.1) is 0 Å². The Morgan fingerprint density at radius 2 is 0.557 bits per heavy atom. The van der Waals surface area contributed by atoms with Crippen LogP contribution in [0.4, 0.5) is 0 Å². The minimum Gasteiger partial charge on any atom is -0.462 e. The molecular weight excluding hydrogens is 865 g/mol. The van der Waals surface area contributed by atoms with E-state index >= 15 is 0 Å². The summed E-state index contributed by atoms with van der Waals surface area (Å²) in [6.45, 7) is 6.46. The van der Waals surface area contributed by atoms with Crippen molar-refractivity contribution >= 4 is 17.9 Å². The number of rotatable bonds is 53. The molecule has 402 valence electrons. The normalized spacial score (nSPS) is 12.7. The zero-order chi connectivity index (χ0) is 50.7. The molecule has 0 amide bonds. The summed E-state index contributed by atoms with van der Waals surface area (Å²) in [7, 11) is 0. The van der Waals surface area contributed by atoms with Gasteiger partial charge in [-0.2, -0.15) is 0 Å². The van der Waals surface area contributed by atoms with Crippen molar-refractivity contribution in [3.63, 3.8) is 0 Å². The molecule has 0 heterocycles. The van der Waals surface area contributed by atoms with E-state index < -0.39 is 6.10 Å². The predicted octanol–water partition coefficient (Wildman–Crippen LogP) is 19.9. The maximum absolute atomic E-state index is 12.8. The highest BCUT2D eigenvalue weighted by Gasteiger charge is 2.19. The molecular formula is C64H110O6. The van der Waals surface area contributed by atoms with Crippen molar-refractivity contribution < 1.29 is 28.6 Å². The molecule has 0 aliphatic rings. The topological polar surface area (TPSA) is 78.9 Å². The van der Waals surface area contributed by atoms with Gasteiger partial charge < -0.3 is 14.2 Å². The summed E-state index contributed by atoms with van der Waals surface area (Å²) >= 11 is 0. The highest BCUT2D eigenvalue weighted by atomic mass is 16.6. The maximum atomic E-state index is 12.8. The van der Waals surface area contributed by atoms with Crippen molar-refractivity contribution in [3.8, 4) is 0 Å². The smallest absolute Gasteiger partial charge is 0.306 e. The SMILES string of the molecule is CC/C=C\C/C=C\C/C=C\C/C=C\C/C=C\C/C=C\C/C=C\CCCC(=O)OCC(COC(=O)CCCCCCCCC)OC(=O)CCCCCCCCCCCCCCCCCCCCCCCC. The number of carbonyl (C=O) groups excluding carboxylic acids is 3. The summed E-state index contributed by atoms with van der Waals surface area (Å²) in [5, 5.41) is 0. The Morgan fingerprint density at radius 3 is 0.871 bits per heavy atom. The van der Waals surface area contributed by atoms with E-state index in [4.69, 9.17) is 14.2 Å². The van der Waals surface area contributed by atoms with Gasteiger partial charge in [-0.1, -0.05) is 279 Å². The molecule has 0 radical (unpaired) electrons. The van der Waals surface area contributed by atoms with E-state index in [1.54, 1.807) is 0 Å². The van der Waals surface area contributed by atoms with Gasteiger partial charge in [0, 0.05) is 19.3 Å². The number of allylic oxidation sites excluding steroid dienone is 14. The molecule has 0 aromatic carbocycles. The van der Waals surface area contributed by atoms with Crippen LogP contribution in [-0.4, -0.2) is 37.2 Å². The van der Waals surface area contributed by atoms with Gasteiger partial charge in [0.2, 0.25) is 0 Å². The van der Waals surface area contributed by atoms with Crippen molar-refractivity contribution in [1.82, 2.24) is 0 Å². The Labute approximate surface area is 433 Å². The zero-order valence-corrected chi connectivity index (χ0v) is 46.0. The van der Waals surface area contributed by atoms with E-state index in [0.29, 0.717) is 19.3 Å². The van der Waals surface area contributed by atoms with E-state index in [-0.39, 0.29) is 37.5 Å². The first kappa shape index (κ1) is 66.6. The Balaban J connectivity index is 4.27. The average molecular weight is 976 g/mol. The van der Waals surface area contributed by atoms with Crippen LogP contribution in [0.2, 0.25) is 0 Å². The zero-order valence-electron chi connectivity index (χ0n) is 46.0. The third kappa shape index (κ3) is 55.5. The maximum Gasteiger partial charge on any atom is 0.306 e. The van der Waals surface area contributed by atoms with E-state index in [1.165, 1.54) is 148 Å². The molecule has 0 saturated carbocycles. The van der Waals surface area contributed by atoms with Crippen LogP contribution in [0.15, 0.2) is 85.1 Å². The summed E-state index contributed by atoms with van der Waals surface area (Å²) in [5.41, 5.74) is 0. The lowest BCUT2D eigenvalue weighted by atomic mass is 10.0. The largest absolute Gasteiger partial charge is 0.462 e. The molecule has 0 saturated heterocycles. The minimum absolute atomic E-state index is 0.0922. The van der Waals surface area contributed by atoms with Gasteiger partial charge in [-0.05, 0) is 70.6 Å². The summed E-state index contributed by atoms with van der Waals surface area (Å²) < 4.78 is 16.7. The number of esters is 3. The molecule has 0 spiro atoms. The van der Waals surface area contributed by atoms with Crippen molar-refractivity contribution in [2.75, 3.05) is 13.2 Å². The fourth-order valence-corrected chi connectivity index (χ4v) is 8.26. The van der Waals surface area contributed by atoms with Crippen LogP contribution >= 0.6 is 0 Å². The first-order valence-electron chi connectivity index (χ1n) is 29.6. The molecule has 0 bridgehead atoms. The first-order valence-corrected chi connectivity index (χ1v) is 29.6. The Hall–Kier alpha value is -3.41. The quantitative estimate of drug-likeness (QED) is 0.0261. The fourth-order valence-electron chi connectivity index (χ4n) is 8.26. The Kier molecular flexibility index (Phi) is 55.3. The number of hydrogen-bond donors (Lipinski definition) is 0. The van der Waals surface area contributed by atoms with Crippen molar-refractivity contribution in [3.05, 3.63) is 85.1 Å². The van der Waals surface area contributed by atoms with E-state index in [9.17, 15) is 14.4 Å². The van der Waals surface area contributed by atoms with Gasteiger partial charge in [0.15, 0.2) is 6.10 Å². The molecule has 70 heavy (non-hydrogen) atoms. The third-order valence-electron chi connectivity index (χ3n) is 12.7. The third-order valence-corrected chi connectivity index (χ3v) is 12.7. The van der Waals surface area contributed by atoms with Crippen LogP contribution in [0.3, 0.4) is 0 Å². The average Bonchev–Trinajstić information content (AvgIpc) is 3.36. The standard InChI is InChI=1S/C64H110O6/c1-4-7-10-13-16-18-20-22-24-26-28-30-32-34-35-37-39-41-43-45-48-51-54-57-63(66)69-60-61(59-68-62(65)56-53-50-47-15-12-9-6-3)70-64(67)58-55-52-49-46-44-42-40-38-36-33-31-29-27-25-23-21-19-17-14-11-8-5-2/h7,10,16,18,22,24,28,30,34-35,39,41,45,48,61H,4-6,8-9,11-15,17,19-21,23,25-27,29,31-33,36-38,40,42-44,46-47,49-60H2,1-3H3/b10-7-,18-16-,24-22-,30-28-,35-34-,41-39-,48-45-. The summed E-state index contributed by atoms with van der Waals surface area (Å²) in [6, 6.07) is 0. The molecule has 0 fully saturated rings. The van der Waals surface area contributed by atoms with Crippen molar-refractivity contribution in [2.45, 2.75) is 290 Å². The second-order valence-electron chi connectivity index (χ2n) is 19.5. The minimum atomic E-state index is -0.796. The highest BCUT2D eigenvalue weighted by Crippen LogP contribution is 2.16. The van der Waals surface area contributed by atoms with Gasteiger partial charge >= 0.3 is 17.9 Å². The van der Waals surface area contributed by atoms with Crippen LogP contribution in [0.25, 0.3) is 0 Å². The van der Waals surface area contributed by atoms with E-state index in [2.05, 4.69) is 106 Å². The molecule has 0 aromatic rings. The van der Waals surface area contributed by atoms with E-state index in [1.807, 2.05) is 0 Å². The van der Waals surface area contributed by atoms with Gasteiger partial charge in [0.1, 0.15) is 13.2 Å². The second-order valence-corrected chi connectivity index (χ2v) is 19.5. The molecule has 1 atom stereocenters. The van der Waals surface area contributed by atoms with E-state index in [0.717, 1.165) is 89.9 Å². The lowest BCUT2D eigenvalue weighted by Gasteiger charge is -2.18. The predicted molar refractivity (Wildman–Crippen MR) is 302 cm³/mol. The first-order chi connectivity index (χ1) is 34.5. The van der Waals surface area contributed by atoms with Gasteiger partial charge in [-0.3, -0.25) is 14.4 Å². The monoisotopic (exact) mass is 975 g/mol. The molecule has 0 N–H and O–H groups in total. The number of unbranched alkanes of at least 4 members (excludes halogenated alkanes) is 28. The number of ether oxygens (including phenoxy) is 3. The van der Waals surface area contributed by atoms with Crippen molar-refractivity contribution in [2.24, 2.45) is 0 Å².